The molecule has 8 heterocycles. The normalized spacial score (nSPS) is 15.6. The van der Waals surface area contributed by atoms with Gasteiger partial charge in [0.2, 0.25) is 0 Å². The standard InChI is InChI=1S/C7H9N3O.C7H11N3.C6H6BrN3O.C6H7N3O.C2H6/c1-5-4-9-10-3-2-8-7(11)6(5)10;1-6-4-9-10-3-2-8-5-7(6)10;7-4-3-9-10-2-1-8-6(11)5(4)10;10-6-5-1-2-8-9(5)4-3-7-6;1-2/h4H,2-3H2,1H3,(H,8,11);4,8H,2-3,5H2,1H3;3H,1-2H2,(H,8,11);1-2H,3-4H2,(H,7,10);1-2H3. The maximum absolute atomic E-state index is 11.2. The van der Waals surface area contributed by atoms with Crippen LogP contribution in [0.4, 0.5) is 0 Å². The van der Waals surface area contributed by atoms with E-state index in [1.807, 2.05) is 27.0 Å². The molecule has 0 fully saturated rings. The molecule has 0 saturated heterocycles. The van der Waals surface area contributed by atoms with Crippen LogP contribution in [0.1, 0.15) is 62.1 Å². The molecule has 16 heteroatoms. The second kappa shape index (κ2) is 15.4. The number of aromatic nitrogens is 8. The highest BCUT2D eigenvalue weighted by Gasteiger charge is 2.21. The molecule has 0 atom stereocenters. The molecule has 4 aromatic rings. The van der Waals surface area contributed by atoms with Crippen LogP contribution < -0.4 is 21.3 Å². The van der Waals surface area contributed by atoms with Crippen molar-refractivity contribution in [1.82, 2.24) is 60.4 Å². The molecule has 8 rings (SSSR count). The Balaban J connectivity index is 0.000000131. The van der Waals surface area contributed by atoms with Gasteiger partial charge in [-0.05, 0) is 47.0 Å². The van der Waals surface area contributed by atoms with Gasteiger partial charge in [0.25, 0.3) is 17.7 Å². The highest BCUT2D eigenvalue weighted by Crippen LogP contribution is 2.17. The van der Waals surface area contributed by atoms with Gasteiger partial charge in [0.1, 0.15) is 17.1 Å². The third kappa shape index (κ3) is 7.60. The Kier molecular flexibility index (Phi) is 11.4. The molecule has 4 N–H and O–H groups in total. The largest absolute Gasteiger partial charge is 0.349 e. The summed E-state index contributed by atoms with van der Waals surface area (Å²) in [7, 11) is 0. The van der Waals surface area contributed by atoms with E-state index in [1.54, 1.807) is 38.7 Å². The van der Waals surface area contributed by atoms with Gasteiger partial charge < -0.3 is 21.3 Å². The third-order valence-corrected chi connectivity index (χ3v) is 7.55. The van der Waals surface area contributed by atoms with Crippen molar-refractivity contribution >= 4 is 33.7 Å². The first kappa shape index (κ1) is 32.6. The number of fused-ring (bicyclic) bond motifs is 4. The monoisotopic (exact) mass is 670 g/mol. The fourth-order valence-electron chi connectivity index (χ4n) is 4.81. The summed E-state index contributed by atoms with van der Waals surface area (Å²) in [6.45, 7) is 15.4. The van der Waals surface area contributed by atoms with E-state index in [2.05, 4.69) is 69.2 Å². The van der Waals surface area contributed by atoms with Crippen LogP contribution in [0.15, 0.2) is 35.3 Å². The van der Waals surface area contributed by atoms with E-state index in [9.17, 15) is 14.4 Å². The lowest BCUT2D eigenvalue weighted by atomic mass is 10.2. The number of halogens is 1. The zero-order valence-electron chi connectivity index (χ0n) is 25.4. The van der Waals surface area contributed by atoms with Crippen LogP contribution in [0.25, 0.3) is 0 Å². The van der Waals surface area contributed by atoms with Crippen molar-refractivity contribution in [2.75, 3.05) is 26.2 Å². The van der Waals surface area contributed by atoms with Gasteiger partial charge >= 0.3 is 0 Å². The number of hydrogen-bond acceptors (Lipinski definition) is 8. The minimum atomic E-state index is -0.0550. The minimum Gasteiger partial charge on any atom is -0.349 e. The molecular formula is C28H39BrN12O3. The van der Waals surface area contributed by atoms with Gasteiger partial charge in [-0.3, -0.25) is 33.1 Å². The summed E-state index contributed by atoms with van der Waals surface area (Å²) in [6.07, 6.45) is 6.93. The average molecular weight is 672 g/mol. The van der Waals surface area contributed by atoms with Crippen molar-refractivity contribution in [2.45, 2.75) is 60.4 Å². The highest BCUT2D eigenvalue weighted by molar-refractivity contribution is 9.10. The summed E-state index contributed by atoms with van der Waals surface area (Å²) < 4.78 is 7.98. The fraction of sp³-hybridized carbons (Fsp3) is 0.464. The first-order valence-corrected chi connectivity index (χ1v) is 15.4. The van der Waals surface area contributed by atoms with Crippen molar-refractivity contribution < 1.29 is 14.4 Å². The number of carbonyl (C=O) groups excluding carboxylic acids is 3. The molecule has 236 valence electrons. The van der Waals surface area contributed by atoms with Crippen LogP contribution in [0.2, 0.25) is 0 Å². The van der Waals surface area contributed by atoms with Crippen molar-refractivity contribution in [2.24, 2.45) is 0 Å². The van der Waals surface area contributed by atoms with E-state index in [-0.39, 0.29) is 17.7 Å². The molecule has 15 nitrogen and oxygen atoms in total. The van der Waals surface area contributed by atoms with E-state index in [0.29, 0.717) is 36.7 Å². The molecule has 0 bridgehead atoms. The predicted octanol–water partition coefficient (Wildman–Crippen LogP) is 1.27. The molecule has 4 aliphatic rings. The quantitative estimate of drug-likeness (QED) is 0.217. The summed E-state index contributed by atoms with van der Waals surface area (Å²) in [5.74, 6) is -0.0874. The van der Waals surface area contributed by atoms with E-state index in [0.717, 1.165) is 49.3 Å². The average Bonchev–Trinajstić information content (AvgIpc) is 3.84. The van der Waals surface area contributed by atoms with Crippen molar-refractivity contribution in [3.05, 3.63) is 69.2 Å². The van der Waals surface area contributed by atoms with Crippen LogP contribution >= 0.6 is 15.9 Å². The van der Waals surface area contributed by atoms with Crippen molar-refractivity contribution in [3.63, 3.8) is 0 Å². The third-order valence-electron chi connectivity index (χ3n) is 6.97. The lowest BCUT2D eigenvalue weighted by molar-refractivity contribution is 0.0915. The molecule has 0 spiro atoms. The summed E-state index contributed by atoms with van der Waals surface area (Å²) in [4.78, 5) is 33.3. The summed E-state index contributed by atoms with van der Waals surface area (Å²) in [5.41, 5.74) is 5.57. The Morgan fingerprint density at radius 2 is 1.20 bits per heavy atom. The van der Waals surface area contributed by atoms with Crippen LogP contribution in [-0.2, 0) is 32.7 Å². The number of nitrogens with one attached hydrogen (secondary N) is 4. The number of aryl methyl sites for hydroxylation is 2. The van der Waals surface area contributed by atoms with E-state index >= 15 is 0 Å². The lowest BCUT2D eigenvalue weighted by Crippen LogP contribution is -2.35. The predicted molar refractivity (Wildman–Crippen MR) is 166 cm³/mol. The molecule has 44 heavy (non-hydrogen) atoms. The number of carbonyl (C=O) groups is 3. The highest BCUT2D eigenvalue weighted by atomic mass is 79.9. The zero-order chi connectivity index (χ0) is 31.6. The Labute approximate surface area is 263 Å². The maximum Gasteiger partial charge on any atom is 0.270 e. The maximum atomic E-state index is 11.2. The topological polar surface area (TPSA) is 171 Å². The van der Waals surface area contributed by atoms with Crippen LogP contribution in [0, 0.1) is 13.8 Å². The number of nitrogens with zero attached hydrogens (tertiary/aromatic N) is 8. The van der Waals surface area contributed by atoms with Crippen molar-refractivity contribution in [1.29, 1.82) is 0 Å². The molecule has 0 aromatic carbocycles. The second-order valence-electron chi connectivity index (χ2n) is 9.85. The van der Waals surface area contributed by atoms with Crippen LogP contribution in [-0.4, -0.2) is 83.0 Å². The second-order valence-corrected chi connectivity index (χ2v) is 10.7. The van der Waals surface area contributed by atoms with Gasteiger partial charge in [-0.1, -0.05) is 13.8 Å². The van der Waals surface area contributed by atoms with Crippen LogP contribution in [0.3, 0.4) is 0 Å². The minimum absolute atomic E-state index is 0.00810. The Bertz CT molecular complexity index is 1520. The first-order valence-electron chi connectivity index (χ1n) is 14.7. The first-order chi connectivity index (χ1) is 21.3. The number of amides is 3. The van der Waals surface area contributed by atoms with E-state index in [1.165, 1.54) is 11.3 Å². The molecular weight excluding hydrogens is 632 g/mol. The summed E-state index contributed by atoms with van der Waals surface area (Å²) in [6, 6.07) is 1.72. The lowest BCUT2D eigenvalue weighted by Gasteiger charge is -2.14. The molecule has 3 amide bonds. The smallest absolute Gasteiger partial charge is 0.270 e. The van der Waals surface area contributed by atoms with Gasteiger partial charge in [0, 0.05) is 38.9 Å². The molecule has 0 aliphatic carbocycles. The fourth-order valence-corrected chi connectivity index (χ4v) is 5.29. The van der Waals surface area contributed by atoms with Gasteiger partial charge in [-0.2, -0.15) is 20.4 Å². The van der Waals surface area contributed by atoms with Gasteiger partial charge in [-0.15, -0.1) is 0 Å². The molecule has 0 radical (unpaired) electrons. The van der Waals surface area contributed by atoms with Gasteiger partial charge in [-0.25, -0.2) is 0 Å². The van der Waals surface area contributed by atoms with Crippen molar-refractivity contribution in [3.8, 4) is 0 Å². The Morgan fingerprint density at radius 1 is 0.659 bits per heavy atom. The number of rotatable bonds is 0. The van der Waals surface area contributed by atoms with Gasteiger partial charge in [0.15, 0.2) is 0 Å². The Hall–Kier alpha value is -4.31. The summed E-state index contributed by atoms with van der Waals surface area (Å²) >= 11 is 3.25. The molecule has 4 aliphatic heterocycles. The SMILES string of the molecule is CC.Cc1cnn2c1C(=O)NCC2.Cc1cnn2c1CNCC2.O=C1NCCn2ncc(Br)c21.O=C1NCCn2nccc21. The summed E-state index contributed by atoms with van der Waals surface area (Å²) in [5, 5.41) is 27.8. The van der Waals surface area contributed by atoms with E-state index in [4.69, 9.17) is 0 Å². The zero-order valence-corrected chi connectivity index (χ0v) is 27.0. The molecule has 4 aromatic heterocycles. The van der Waals surface area contributed by atoms with Crippen LogP contribution in [0.5, 0.6) is 0 Å². The number of hydrogen-bond donors (Lipinski definition) is 4. The molecule has 0 unspecified atom stereocenters. The van der Waals surface area contributed by atoms with Gasteiger partial charge in [0.05, 0.1) is 54.9 Å². The van der Waals surface area contributed by atoms with E-state index < -0.39 is 0 Å². The molecule has 0 saturated carbocycles. The Morgan fingerprint density at radius 3 is 1.84 bits per heavy atom.